The summed E-state index contributed by atoms with van der Waals surface area (Å²) in [7, 11) is 0. The van der Waals surface area contributed by atoms with Gasteiger partial charge in [0.1, 0.15) is 0 Å². The highest BCUT2D eigenvalue weighted by Crippen LogP contribution is 2.30. The molecule has 0 radical (unpaired) electrons. The SMILES string of the molecule is Clc1cc(Cl)cc(C2CCOCC2)c1. The molecule has 76 valence electrons. The number of hydrogen-bond acceptors (Lipinski definition) is 1. The molecule has 0 spiro atoms. The molecular formula is C11H12Cl2O. The molecule has 0 atom stereocenters. The van der Waals surface area contributed by atoms with E-state index in [1.54, 1.807) is 6.07 Å². The van der Waals surface area contributed by atoms with Crippen molar-refractivity contribution in [3.8, 4) is 0 Å². The Hall–Kier alpha value is -0.240. The molecule has 0 bridgehead atoms. The van der Waals surface area contributed by atoms with Gasteiger partial charge in [-0.25, -0.2) is 0 Å². The average Bonchev–Trinajstić information content (AvgIpc) is 2.18. The highest BCUT2D eigenvalue weighted by Gasteiger charge is 2.16. The normalized spacial score (nSPS) is 18.4. The first kappa shape index (κ1) is 10.3. The second-order valence-electron chi connectivity index (χ2n) is 3.59. The van der Waals surface area contributed by atoms with Crippen LogP contribution in [0.4, 0.5) is 0 Å². The van der Waals surface area contributed by atoms with Gasteiger partial charge in [0.25, 0.3) is 0 Å². The predicted molar refractivity (Wildman–Crippen MR) is 59.3 cm³/mol. The lowest BCUT2D eigenvalue weighted by Gasteiger charge is -2.22. The maximum atomic E-state index is 5.95. The third kappa shape index (κ3) is 2.41. The largest absolute Gasteiger partial charge is 0.381 e. The molecule has 0 amide bonds. The molecule has 1 fully saturated rings. The Kier molecular flexibility index (Phi) is 3.32. The summed E-state index contributed by atoms with van der Waals surface area (Å²) in [6.07, 6.45) is 2.13. The Morgan fingerprint density at radius 3 is 2.14 bits per heavy atom. The van der Waals surface area contributed by atoms with Crippen LogP contribution >= 0.6 is 23.2 Å². The first-order chi connectivity index (χ1) is 6.75. The second-order valence-corrected chi connectivity index (χ2v) is 4.46. The summed E-state index contributed by atoms with van der Waals surface area (Å²) in [5.74, 6) is 0.556. The van der Waals surface area contributed by atoms with Crippen LogP contribution in [0.25, 0.3) is 0 Å². The van der Waals surface area contributed by atoms with Crippen LogP contribution < -0.4 is 0 Å². The van der Waals surface area contributed by atoms with E-state index in [0.29, 0.717) is 5.92 Å². The van der Waals surface area contributed by atoms with Crippen LogP contribution in [0.3, 0.4) is 0 Å². The molecule has 1 aliphatic heterocycles. The van der Waals surface area contributed by atoms with Gasteiger partial charge in [0, 0.05) is 23.3 Å². The zero-order valence-corrected chi connectivity index (χ0v) is 9.31. The highest BCUT2D eigenvalue weighted by atomic mass is 35.5. The third-order valence-corrected chi connectivity index (χ3v) is 3.01. The van der Waals surface area contributed by atoms with E-state index in [-0.39, 0.29) is 0 Å². The van der Waals surface area contributed by atoms with Gasteiger partial charge in [0.05, 0.1) is 0 Å². The van der Waals surface area contributed by atoms with E-state index in [4.69, 9.17) is 27.9 Å². The van der Waals surface area contributed by atoms with Crippen molar-refractivity contribution in [2.24, 2.45) is 0 Å². The number of halogens is 2. The minimum atomic E-state index is 0.556. The Morgan fingerprint density at radius 1 is 1.00 bits per heavy atom. The average molecular weight is 231 g/mol. The molecule has 1 nitrogen and oxygen atoms in total. The van der Waals surface area contributed by atoms with E-state index in [0.717, 1.165) is 36.1 Å². The standard InChI is InChI=1S/C11H12Cl2O/c12-10-5-9(6-11(13)7-10)8-1-3-14-4-2-8/h5-8H,1-4H2. The lowest BCUT2D eigenvalue weighted by atomic mass is 9.92. The van der Waals surface area contributed by atoms with E-state index < -0.39 is 0 Å². The van der Waals surface area contributed by atoms with Gasteiger partial charge < -0.3 is 4.74 Å². The molecule has 1 heterocycles. The molecule has 0 unspecified atom stereocenters. The molecule has 1 saturated heterocycles. The lowest BCUT2D eigenvalue weighted by molar-refractivity contribution is 0.0853. The first-order valence-corrected chi connectivity index (χ1v) is 5.55. The summed E-state index contributed by atoms with van der Waals surface area (Å²) in [5, 5.41) is 1.44. The van der Waals surface area contributed by atoms with E-state index in [2.05, 4.69) is 0 Å². The Balaban J connectivity index is 2.21. The molecule has 0 N–H and O–H groups in total. The summed E-state index contributed by atoms with van der Waals surface area (Å²) < 4.78 is 5.32. The highest BCUT2D eigenvalue weighted by molar-refractivity contribution is 6.34. The Morgan fingerprint density at radius 2 is 1.57 bits per heavy atom. The van der Waals surface area contributed by atoms with Crippen LogP contribution in [-0.4, -0.2) is 13.2 Å². The van der Waals surface area contributed by atoms with Crippen LogP contribution in [0.1, 0.15) is 24.3 Å². The van der Waals surface area contributed by atoms with Crippen molar-refractivity contribution < 1.29 is 4.74 Å². The molecule has 14 heavy (non-hydrogen) atoms. The number of benzene rings is 1. The van der Waals surface area contributed by atoms with Crippen LogP contribution in [0.5, 0.6) is 0 Å². The molecule has 0 saturated carbocycles. The number of ether oxygens (including phenoxy) is 1. The van der Waals surface area contributed by atoms with Gasteiger partial charge in [-0.15, -0.1) is 0 Å². The maximum absolute atomic E-state index is 5.95. The van der Waals surface area contributed by atoms with Crippen molar-refractivity contribution in [1.29, 1.82) is 0 Å². The molecule has 1 aromatic carbocycles. The quantitative estimate of drug-likeness (QED) is 0.712. The molecule has 2 rings (SSSR count). The minimum absolute atomic E-state index is 0.556. The van der Waals surface area contributed by atoms with Gasteiger partial charge in [0.15, 0.2) is 0 Å². The van der Waals surface area contributed by atoms with Gasteiger partial charge in [0.2, 0.25) is 0 Å². The van der Waals surface area contributed by atoms with Gasteiger partial charge in [-0.2, -0.15) is 0 Å². The zero-order chi connectivity index (χ0) is 9.97. The Labute approximate surface area is 94.0 Å². The van der Waals surface area contributed by atoms with Crippen LogP contribution in [0, 0.1) is 0 Å². The zero-order valence-electron chi connectivity index (χ0n) is 7.80. The summed E-state index contributed by atoms with van der Waals surface area (Å²) in [4.78, 5) is 0. The van der Waals surface area contributed by atoms with E-state index >= 15 is 0 Å². The minimum Gasteiger partial charge on any atom is -0.381 e. The van der Waals surface area contributed by atoms with Crippen molar-refractivity contribution in [1.82, 2.24) is 0 Å². The van der Waals surface area contributed by atoms with Gasteiger partial charge in [-0.1, -0.05) is 23.2 Å². The third-order valence-electron chi connectivity index (χ3n) is 2.58. The molecule has 0 aliphatic carbocycles. The number of rotatable bonds is 1. The second kappa shape index (κ2) is 4.52. The summed E-state index contributed by atoms with van der Waals surface area (Å²) >= 11 is 11.9. The summed E-state index contributed by atoms with van der Waals surface area (Å²) in [6.45, 7) is 1.68. The fourth-order valence-electron chi connectivity index (χ4n) is 1.84. The Bertz CT molecular complexity index is 299. The van der Waals surface area contributed by atoms with Crippen molar-refractivity contribution in [3.05, 3.63) is 33.8 Å². The van der Waals surface area contributed by atoms with Gasteiger partial charge in [-0.3, -0.25) is 0 Å². The van der Waals surface area contributed by atoms with Crippen molar-refractivity contribution in [3.63, 3.8) is 0 Å². The van der Waals surface area contributed by atoms with Crippen molar-refractivity contribution >= 4 is 23.2 Å². The fourth-order valence-corrected chi connectivity index (χ4v) is 2.38. The predicted octanol–water partition coefficient (Wildman–Crippen LogP) is 3.89. The van der Waals surface area contributed by atoms with Crippen molar-refractivity contribution in [2.75, 3.05) is 13.2 Å². The maximum Gasteiger partial charge on any atom is 0.0471 e. The van der Waals surface area contributed by atoms with Crippen LogP contribution in [0.15, 0.2) is 18.2 Å². The molecule has 1 aliphatic rings. The molecular weight excluding hydrogens is 219 g/mol. The van der Waals surface area contributed by atoms with Crippen LogP contribution in [0.2, 0.25) is 10.0 Å². The molecule has 3 heteroatoms. The smallest absolute Gasteiger partial charge is 0.0471 e. The first-order valence-electron chi connectivity index (χ1n) is 4.79. The van der Waals surface area contributed by atoms with E-state index in [1.165, 1.54) is 5.56 Å². The topological polar surface area (TPSA) is 9.23 Å². The molecule has 0 aromatic heterocycles. The molecule has 1 aromatic rings. The van der Waals surface area contributed by atoms with E-state index in [1.807, 2.05) is 12.1 Å². The van der Waals surface area contributed by atoms with E-state index in [9.17, 15) is 0 Å². The van der Waals surface area contributed by atoms with Gasteiger partial charge in [-0.05, 0) is 42.5 Å². The fraction of sp³-hybridized carbons (Fsp3) is 0.455. The van der Waals surface area contributed by atoms with Crippen LogP contribution in [-0.2, 0) is 4.74 Å². The number of hydrogen-bond donors (Lipinski definition) is 0. The van der Waals surface area contributed by atoms with Crippen molar-refractivity contribution in [2.45, 2.75) is 18.8 Å². The monoisotopic (exact) mass is 230 g/mol. The lowest BCUT2D eigenvalue weighted by Crippen LogP contribution is -2.13. The summed E-state index contributed by atoms with van der Waals surface area (Å²) in [5.41, 5.74) is 1.24. The van der Waals surface area contributed by atoms with Gasteiger partial charge >= 0.3 is 0 Å². The summed E-state index contributed by atoms with van der Waals surface area (Å²) in [6, 6.07) is 5.78.